The van der Waals surface area contributed by atoms with Crippen molar-refractivity contribution in [3.8, 4) is 5.75 Å². The first-order valence-electron chi connectivity index (χ1n) is 11.0. The predicted molar refractivity (Wildman–Crippen MR) is 127 cm³/mol. The number of carboxylic acids is 1. The Kier molecular flexibility index (Phi) is 7.22. The fourth-order valence-corrected chi connectivity index (χ4v) is 3.95. The smallest absolute Gasteiger partial charge is 0.329 e. The van der Waals surface area contributed by atoms with Crippen molar-refractivity contribution in [1.29, 1.82) is 0 Å². The van der Waals surface area contributed by atoms with Crippen molar-refractivity contribution < 1.29 is 23.8 Å². The second kappa shape index (κ2) is 10.5. The Bertz CT molecular complexity index is 1110. The zero-order valence-corrected chi connectivity index (χ0v) is 18.9. The number of hydrogen-bond donors (Lipinski definition) is 1. The monoisotopic (exact) mass is 466 g/mol. The molecule has 1 saturated heterocycles. The second-order valence-corrected chi connectivity index (χ2v) is 8.13. The summed E-state index contributed by atoms with van der Waals surface area (Å²) in [5.74, 6) is 0.892. The lowest BCUT2D eigenvalue weighted by atomic mass is 9.94. The normalized spacial score (nSPS) is 15.1. The first kappa shape index (κ1) is 23.4. The number of ether oxygens (including phenoxy) is 2. The van der Waals surface area contributed by atoms with Crippen molar-refractivity contribution in [2.75, 3.05) is 43.2 Å². The van der Waals surface area contributed by atoms with Gasteiger partial charge in [0.1, 0.15) is 23.8 Å². The lowest BCUT2D eigenvalue weighted by molar-refractivity contribution is -0.144. The average Bonchev–Trinajstić information content (AvgIpc) is 2.85. The van der Waals surface area contributed by atoms with Gasteiger partial charge in [-0.2, -0.15) is 0 Å². The molecule has 0 spiro atoms. The highest BCUT2D eigenvalue weighted by Gasteiger charge is 2.35. The van der Waals surface area contributed by atoms with Crippen molar-refractivity contribution in [2.45, 2.75) is 18.5 Å². The molecule has 3 aromatic rings. The van der Waals surface area contributed by atoms with Crippen LogP contribution < -0.4 is 14.5 Å². The quantitative estimate of drug-likeness (QED) is 0.498. The molecule has 178 valence electrons. The number of carbonyl (C=O) groups is 1. The lowest BCUT2D eigenvalue weighted by Crippen LogP contribution is -2.45. The lowest BCUT2D eigenvalue weighted by Gasteiger charge is -2.36. The van der Waals surface area contributed by atoms with Crippen LogP contribution in [0.25, 0.3) is 0 Å². The van der Waals surface area contributed by atoms with Gasteiger partial charge >= 0.3 is 5.97 Å². The molecule has 2 heterocycles. The molecule has 9 heteroatoms. The highest BCUT2D eigenvalue weighted by Crippen LogP contribution is 2.36. The largest absolute Gasteiger partial charge is 0.497 e. The Balaban J connectivity index is 1.56. The number of rotatable bonds is 9. The number of halogens is 1. The van der Waals surface area contributed by atoms with E-state index < -0.39 is 18.2 Å². The fraction of sp³-hybridized carbons (Fsp3) is 0.320. The number of nitrogens with zero attached hydrogens (tertiary/aromatic N) is 4. The minimum absolute atomic E-state index is 0.219. The molecule has 0 amide bonds. The molecule has 1 fully saturated rings. The van der Waals surface area contributed by atoms with Gasteiger partial charge in [-0.25, -0.2) is 14.2 Å². The third-order valence-electron chi connectivity index (χ3n) is 5.73. The maximum atomic E-state index is 15.0. The molecule has 0 bridgehead atoms. The third kappa shape index (κ3) is 5.60. The van der Waals surface area contributed by atoms with Gasteiger partial charge in [-0.3, -0.25) is 9.88 Å². The molecule has 1 aliphatic rings. The molecule has 1 aromatic heterocycles. The number of aromatic nitrogens is 2. The van der Waals surface area contributed by atoms with Crippen LogP contribution in [0.2, 0.25) is 0 Å². The van der Waals surface area contributed by atoms with Crippen LogP contribution in [-0.4, -0.2) is 60.1 Å². The van der Waals surface area contributed by atoms with Crippen LogP contribution in [0.5, 0.6) is 5.75 Å². The number of aliphatic carboxylic acids is 1. The Morgan fingerprint density at radius 2 is 1.85 bits per heavy atom. The van der Waals surface area contributed by atoms with Gasteiger partial charge in [-0.15, -0.1) is 0 Å². The number of anilines is 4. The molecule has 8 nitrogen and oxygen atoms in total. The van der Waals surface area contributed by atoms with E-state index in [1.807, 2.05) is 64.4 Å². The highest BCUT2D eigenvalue weighted by atomic mass is 19.1. The maximum Gasteiger partial charge on any atom is 0.329 e. The zero-order chi connectivity index (χ0) is 24.0. The van der Waals surface area contributed by atoms with Crippen molar-refractivity contribution in [2.24, 2.45) is 0 Å². The molecular weight excluding hydrogens is 439 g/mol. The van der Waals surface area contributed by atoms with Gasteiger partial charge in [-0.1, -0.05) is 24.3 Å². The SMILES string of the molecule is COc1cccc(N(c2ccccc2)c2cncc(N3CCC(F)(COCC(=O)O)CC3)n2)c1. The Labute approximate surface area is 197 Å². The number of methoxy groups -OCH3 is 1. The predicted octanol–water partition coefficient (Wildman–Crippen LogP) is 4.36. The number of carboxylic acid groups (broad SMARTS) is 1. The first-order valence-corrected chi connectivity index (χ1v) is 11.0. The first-order chi connectivity index (χ1) is 16.5. The average molecular weight is 467 g/mol. The molecule has 0 radical (unpaired) electrons. The molecule has 0 atom stereocenters. The van der Waals surface area contributed by atoms with Crippen LogP contribution in [0, 0.1) is 0 Å². The molecule has 4 rings (SSSR count). The van der Waals surface area contributed by atoms with E-state index >= 15 is 4.39 Å². The summed E-state index contributed by atoms with van der Waals surface area (Å²) >= 11 is 0. The number of hydrogen-bond acceptors (Lipinski definition) is 7. The van der Waals surface area contributed by atoms with E-state index in [1.165, 1.54) is 0 Å². The van der Waals surface area contributed by atoms with Gasteiger partial charge in [0.2, 0.25) is 0 Å². The van der Waals surface area contributed by atoms with E-state index in [-0.39, 0.29) is 19.4 Å². The summed E-state index contributed by atoms with van der Waals surface area (Å²) in [6, 6.07) is 17.5. The summed E-state index contributed by atoms with van der Waals surface area (Å²) < 4.78 is 25.4. The van der Waals surface area contributed by atoms with Gasteiger partial charge in [0.15, 0.2) is 5.82 Å². The molecule has 0 saturated carbocycles. The molecule has 1 aliphatic heterocycles. The van der Waals surface area contributed by atoms with Crippen molar-refractivity contribution in [1.82, 2.24) is 9.97 Å². The van der Waals surface area contributed by atoms with Crippen LogP contribution in [0.15, 0.2) is 67.0 Å². The van der Waals surface area contributed by atoms with Gasteiger partial charge < -0.3 is 19.5 Å². The van der Waals surface area contributed by atoms with E-state index in [9.17, 15) is 4.79 Å². The number of benzene rings is 2. The van der Waals surface area contributed by atoms with E-state index in [0.29, 0.717) is 24.7 Å². The molecule has 0 unspecified atom stereocenters. The van der Waals surface area contributed by atoms with Crippen LogP contribution in [0.3, 0.4) is 0 Å². The fourth-order valence-electron chi connectivity index (χ4n) is 3.95. The molecular formula is C25H27FN4O4. The van der Waals surface area contributed by atoms with Crippen molar-refractivity contribution in [3.05, 3.63) is 67.0 Å². The van der Waals surface area contributed by atoms with E-state index in [4.69, 9.17) is 19.6 Å². The Morgan fingerprint density at radius 3 is 2.56 bits per heavy atom. The van der Waals surface area contributed by atoms with Gasteiger partial charge in [0.05, 0.1) is 31.8 Å². The van der Waals surface area contributed by atoms with E-state index in [1.54, 1.807) is 19.5 Å². The number of para-hydroxylation sites is 1. The Hall–Kier alpha value is -3.72. The number of alkyl halides is 1. The van der Waals surface area contributed by atoms with Crippen molar-refractivity contribution in [3.63, 3.8) is 0 Å². The van der Waals surface area contributed by atoms with Crippen LogP contribution in [0.1, 0.15) is 12.8 Å². The standard InChI is InChI=1S/C25H27FN4O4/c1-33-21-9-5-8-20(14-21)30(19-6-3-2-4-7-19)23-16-27-15-22(28-23)29-12-10-25(26,11-13-29)18-34-17-24(31)32/h2-9,14-16H,10-13,17-18H2,1H3,(H,31,32). The Morgan fingerprint density at radius 1 is 1.12 bits per heavy atom. The summed E-state index contributed by atoms with van der Waals surface area (Å²) in [5.41, 5.74) is 0.237. The van der Waals surface area contributed by atoms with Gasteiger partial charge in [-0.05, 0) is 24.3 Å². The van der Waals surface area contributed by atoms with Crippen LogP contribution >= 0.6 is 0 Å². The molecule has 34 heavy (non-hydrogen) atoms. The van der Waals surface area contributed by atoms with E-state index in [0.717, 1.165) is 17.1 Å². The molecule has 1 N–H and O–H groups in total. The second-order valence-electron chi connectivity index (χ2n) is 8.13. The summed E-state index contributed by atoms with van der Waals surface area (Å²) in [4.78, 5) is 23.9. The summed E-state index contributed by atoms with van der Waals surface area (Å²) in [6.45, 7) is 0.129. The topological polar surface area (TPSA) is 88.0 Å². The summed E-state index contributed by atoms with van der Waals surface area (Å²) in [7, 11) is 1.63. The summed E-state index contributed by atoms with van der Waals surface area (Å²) in [5, 5.41) is 8.70. The summed E-state index contributed by atoms with van der Waals surface area (Å²) in [6.07, 6.45) is 3.80. The van der Waals surface area contributed by atoms with Crippen molar-refractivity contribution >= 4 is 29.0 Å². The van der Waals surface area contributed by atoms with Crippen LogP contribution in [0.4, 0.5) is 27.4 Å². The maximum absolute atomic E-state index is 15.0. The zero-order valence-electron chi connectivity index (χ0n) is 18.9. The molecule has 2 aromatic carbocycles. The minimum Gasteiger partial charge on any atom is -0.497 e. The number of piperidine rings is 1. The minimum atomic E-state index is -1.55. The van der Waals surface area contributed by atoms with Gasteiger partial charge in [0, 0.05) is 37.7 Å². The van der Waals surface area contributed by atoms with Gasteiger partial charge in [0.25, 0.3) is 0 Å². The van der Waals surface area contributed by atoms with Crippen LogP contribution in [-0.2, 0) is 9.53 Å². The molecule has 0 aliphatic carbocycles. The highest BCUT2D eigenvalue weighted by molar-refractivity contribution is 5.75. The third-order valence-corrected chi connectivity index (χ3v) is 5.73. The van der Waals surface area contributed by atoms with E-state index in [2.05, 4.69) is 4.98 Å².